The highest BCUT2D eigenvalue weighted by Crippen LogP contribution is 2.09. The average Bonchev–Trinajstić information content (AvgIpc) is 2.46. The number of aryl methyl sites for hydroxylation is 2. The lowest BCUT2D eigenvalue weighted by Crippen LogP contribution is -2.27. The van der Waals surface area contributed by atoms with Gasteiger partial charge in [0.25, 0.3) is 5.91 Å². The normalized spacial score (nSPS) is 11.3. The standard InChI is InChI=1S/C15H18N4O3S/c1-10-14(9-18-11(2)19-10)15(20)17-8-7-12-3-5-13(6-4-12)23(16,21)22/h3-6,9H,7-8H2,1-2H3,(H,17,20)(H2,16,21,22). The maximum atomic E-state index is 12.1. The van der Waals surface area contributed by atoms with E-state index in [1.54, 1.807) is 26.0 Å². The number of carbonyl (C=O) groups excluding carboxylic acids is 1. The predicted octanol–water partition coefficient (Wildman–Crippen LogP) is 0.713. The molecule has 1 amide bonds. The number of benzene rings is 1. The van der Waals surface area contributed by atoms with E-state index in [0.29, 0.717) is 30.0 Å². The van der Waals surface area contributed by atoms with Crippen molar-refractivity contribution in [2.24, 2.45) is 5.14 Å². The molecule has 122 valence electrons. The van der Waals surface area contributed by atoms with Crippen molar-refractivity contribution in [2.45, 2.75) is 25.2 Å². The number of nitrogens with two attached hydrogens (primary N) is 1. The molecule has 23 heavy (non-hydrogen) atoms. The van der Waals surface area contributed by atoms with Gasteiger partial charge < -0.3 is 5.32 Å². The summed E-state index contributed by atoms with van der Waals surface area (Å²) in [5.41, 5.74) is 1.97. The Kier molecular flexibility index (Phi) is 5.07. The molecule has 8 heteroatoms. The van der Waals surface area contributed by atoms with Gasteiger partial charge in [-0.2, -0.15) is 0 Å². The molecular formula is C15H18N4O3S. The molecule has 0 spiro atoms. The van der Waals surface area contributed by atoms with Crippen LogP contribution in [-0.2, 0) is 16.4 Å². The Morgan fingerprint density at radius 2 is 1.87 bits per heavy atom. The summed E-state index contributed by atoms with van der Waals surface area (Å²) in [6.45, 7) is 3.94. The Balaban J connectivity index is 1.93. The quantitative estimate of drug-likeness (QED) is 0.836. The molecule has 0 atom stereocenters. The molecule has 0 aliphatic heterocycles. The van der Waals surface area contributed by atoms with E-state index in [9.17, 15) is 13.2 Å². The van der Waals surface area contributed by atoms with Gasteiger partial charge in [0.05, 0.1) is 16.2 Å². The zero-order valence-electron chi connectivity index (χ0n) is 12.9. The topological polar surface area (TPSA) is 115 Å². The Bertz CT molecular complexity index is 817. The zero-order valence-corrected chi connectivity index (χ0v) is 13.7. The van der Waals surface area contributed by atoms with E-state index in [-0.39, 0.29) is 10.8 Å². The molecule has 0 fully saturated rings. The predicted molar refractivity (Wildman–Crippen MR) is 85.4 cm³/mol. The smallest absolute Gasteiger partial charge is 0.254 e. The highest BCUT2D eigenvalue weighted by atomic mass is 32.2. The first kappa shape index (κ1) is 17.0. The zero-order chi connectivity index (χ0) is 17.0. The van der Waals surface area contributed by atoms with Gasteiger partial charge in [-0.1, -0.05) is 12.1 Å². The van der Waals surface area contributed by atoms with Crippen LogP contribution in [0.1, 0.15) is 27.4 Å². The summed E-state index contributed by atoms with van der Waals surface area (Å²) in [5.74, 6) is 0.387. The summed E-state index contributed by atoms with van der Waals surface area (Å²) in [4.78, 5) is 20.3. The lowest BCUT2D eigenvalue weighted by atomic mass is 10.1. The van der Waals surface area contributed by atoms with Crippen LogP contribution < -0.4 is 10.5 Å². The van der Waals surface area contributed by atoms with Gasteiger partial charge in [-0.05, 0) is 38.0 Å². The van der Waals surface area contributed by atoms with Crippen molar-refractivity contribution in [2.75, 3.05) is 6.54 Å². The molecule has 0 saturated carbocycles. The van der Waals surface area contributed by atoms with Crippen molar-refractivity contribution in [1.29, 1.82) is 0 Å². The largest absolute Gasteiger partial charge is 0.352 e. The Morgan fingerprint density at radius 1 is 1.22 bits per heavy atom. The van der Waals surface area contributed by atoms with Crippen LogP contribution >= 0.6 is 0 Å². The molecule has 7 nitrogen and oxygen atoms in total. The number of hydrogen-bond donors (Lipinski definition) is 2. The van der Waals surface area contributed by atoms with Gasteiger partial charge in [0.1, 0.15) is 5.82 Å². The number of nitrogens with one attached hydrogen (secondary N) is 1. The van der Waals surface area contributed by atoms with E-state index in [2.05, 4.69) is 15.3 Å². The summed E-state index contributed by atoms with van der Waals surface area (Å²) >= 11 is 0. The van der Waals surface area contributed by atoms with Crippen LogP contribution in [0, 0.1) is 13.8 Å². The van der Waals surface area contributed by atoms with Crippen molar-refractivity contribution in [3.05, 3.63) is 53.1 Å². The molecule has 1 heterocycles. The molecule has 0 aliphatic rings. The highest BCUT2D eigenvalue weighted by molar-refractivity contribution is 7.89. The first-order chi connectivity index (χ1) is 10.8. The molecule has 2 rings (SSSR count). The second-order valence-electron chi connectivity index (χ2n) is 5.11. The minimum Gasteiger partial charge on any atom is -0.352 e. The van der Waals surface area contributed by atoms with E-state index in [0.717, 1.165) is 5.56 Å². The molecule has 2 aromatic rings. The average molecular weight is 334 g/mol. The van der Waals surface area contributed by atoms with Crippen LogP contribution in [0.3, 0.4) is 0 Å². The third kappa shape index (κ3) is 4.57. The SMILES string of the molecule is Cc1ncc(C(=O)NCCc2ccc(S(N)(=O)=O)cc2)c(C)n1. The van der Waals surface area contributed by atoms with Crippen molar-refractivity contribution < 1.29 is 13.2 Å². The maximum Gasteiger partial charge on any atom is 0.254 e. The first-order valence-corrected chi connectivity index (χ1v) is 8.52. The number of amides is 1. The molecule has 0 saturated heterocycles. The van der Waals surface area contributed by atoms with Crippen LogP contribution in [0.25, 0.3) is 0 Å². The Morgan fingerprint density at radius 3 is 2.43 bits per heavy atom. The van der Waals surface area contributed by atoms with Crippen LogP contribution in [0.4, 0.5) is 0 Å². The Hall–Kier alpha value is -2.32. The van der Waals surface area contributed by atoms with Crippen molar-refractivity contribution in [1.82, 2.24) is 15.3 Å². The van der Waals surface area contributed by atoms with Crippen LogP contribution in [0.5, 0.6) is 0 Å². The molecule has 1 aromatic carbocycles. The fourth-order valence-corrected chi connectivity index (χ4v) is 2.58. The number of sulfonamides is 1. The minimum absolute atomic E-state index is 0.0673. The summed E-state index contributed by atoms with van der Waals surface area (Å²) in [5, 5.41) is 7.83. The van der Waals surface area contributed by atoms with E-state index in [1.165, 1.54) is 18.3 Å². The molecule has 0 unspecified atom stereocenters. The van der Waals surface area contributed by atoms with Crippen molar-refractivity contribution in [3.63, 3.8) is 0 Å². The van der Waals surface area contributed by atoms with Crippen LogP contribution in [-0.4, -0.2) is 30.8 Å². The fraction of sp³-hybridized carbons (Fsp3) is 0.267. The molecule has 1 aromatic heterocycles. The van der Waals surface area contributed by atoms with Gasteiger partial charge in [-0.15, -0.1) is 0 Å². The highest BCUT2D eigenvalue weighted by Gasteiger charge is 2.10. The van der Waals surface area contributed by atoms with Gasteiger partial charge in [-0.3, -0.25) is 4.79 Å². The fourth-order valence-electron chi connectivity index (χ4n) is 2.07. The number of nitrogens with zero attached hydrogens (tertiary/aromatic N) is 2. The van der Waals surface area contributed by atoms with Crippen molar-refractivity contribution >= 4 is 15.9 Å². The summed E-state index contributed by atoms with van der Waals surface area (Å²) < 4.78 is 22.3. The summed E-state index contributed by atoms with van der Waals surface area (Å²) in [6.07, 6.45) is 2.08. The van der Waals surface area contributed by atoms with E-state index in [4.69, 9.17) is 5.14 Å². The van der Waals surface area contributed by atoms with Gasteiger partial charge in [0.15, 0.2) is 0 Å². The summed E-state index contributed by atoms with van der Waals surface area (Å²) in [7, 11) is -3.68. The Labute approximate surface area is 135 Å². The minimum atomic E-state index is -3.68. The van der Waals surface area contributed by atoms with Gasteiger partial charge in [0, 0.05) is 12.7 Å². The molecule has 0 aliphatic carbocycles. The number of aromatic nitrogens is 2. The van der Waals surface area contributed by atoms with E-state index < -0.39 is 10.0 Å². The second kappa shape index (κ2) is 6.84. The lowest BCUT2D eigenvalue weighted by molar-refractivity contribution is 0.0952. The van der Waals surface area contributed by atoms with Gasteiger partial charge in [0.2, 0.25) is 10.0 Å². The maximum absolute atomic E-state index is 12.1. The second-order valence-corrected chi connectivity index (χ2v) is 6.67. The van der Waals surface area contributed by atoms with Gasteiger partial charge in [-0.25, -0.2) is 23.5 Å². The van der Waals surface area contributed by atoms with Crippen molar-refractivity contribution in [3.8, 4) is 0 Å². The molecule has 3 N–H and O–H groups in total. The number of primary sulfonamides is 1. The van der Waals surface area contributed by atoms with Gasteiger partial charge >= 0.3 is 0 Å². The third-order valence-electron chi connectivity index (χ3n) is 3.30. The monoisotopic (exact) mass is 334 g/mol. The molecule has 0 bridgehead atoms. The van der Waals surface area contributed by atoms with Crippen LogP contribution in [0.2, 0.25) is 0 Å². The van der Waals surface area contributed by atoms with E-state index >= 15 is 0 Å². The third-order valence-corrected chi connectivity index (χ3v) is 4.22. The molecular weight excluding hydrogens is 316 g/mol. The summed E-state index contributed by atoms with van der Waals surface area (Å²) in [6, 6.07) is 6.24. The lowest BCUT2D eigenvalue weighted by Gasteiger charge is -2.08. The number of hydrogen-bond acceptors (Lipinski definition) is 5. The van der Waals surface area contributed by atoms with E-state index in [1.807, 2.05) is 0 Å². The molecule has 0 radical (unpaired) electrons. The first-order valence-electron chi connectivity index (χ1n) is 6.97. The van der Waals surface area contributed by atoms with Crippen LogP contribution in [0.15, 0.2) is 35.4 Å². The number of rotatable bonds is 5. The number of carbonyl (C=O) groups is 1.